The highest BCUT2D eigenvalue weighted by Gasteiger charge is 2.69. The third kappa shape index (κ3) is 3.00. The number of amidine groups is 1. The topological polar surface area (TPSA) is 43.6 Å². The third-order valence-corrected chi connectivity index (χ3v) is 8.06. The van der Waals surface area contributed by atoms with Crippen LogP contribution in [-0.4, -0.2) is 46.2 Å². The van der Waals surface area contributed by atoms with Gasteiger partial charge >= 0.3 is 6.18 Å². The van der Waals surface area contributed by atoms with Gasteiger partial charge in [-0.05, 0) is 55.4 Å². The van der Waals surface area contributed by atoms with Crippen LogP contribution in [0.15, 0.2) is 122 Å². The Kier molecular flexibility index (Phi) is 5.22. The Bertz CT molecular complexity index is 1450. The minimum atomic E-state index is -4.71. The highest BCUT2D eigenvalue weighted by molar-refractivity contribution is 5.89. The SMILES string of the molecule is C=C(C)C12C=C(N3CC=CC=C3C3N=NC(C(F)(F)F)=N3)C1(CC)N1C=CC=CC1=C1C2=CC(F)=CC1F. The van der Waals surface area contributed by atoms with Crippen LogP contribution in [0.5, 0.6) is 0 Å². The van der Waals surface area contributed by atoms with Crippen LogP contribution in [0, 0.1) is 5.41 Å². The Labute approximate surface area is 216 Å². The smallest absolute Gasteiger partial charge is 0.339 e. The molecule has 38 heavy (non-hydrogen) atoms. The van der Waals surface area contributed by atoms with Gasteiger partial charge < -0.3 is 9.80 Å². The summed E-state index contributed by atoms with van der Waals surface area (Å²) in [6, 6.07) is 0. The van der Waals surface area contributed by atoms with Crippen LogP contribution in [0.1, 0.15) is 20.3 Å². The van der Waals surface area contributed by atoms with Crippen molar-refractivity contribution >= 4 is 5.84 Å². The van der Waals surface area contributed by atoms with Crippen molar-refractivity contribution in [3.63, 3.8) is 0 Å². The Morgan fingerprint density at radius 2 is 2.03 bits per heavy atom. The maximum Gasteiger partial charge on any atom is 0.453 e. The molecule has 4 atom stereocenters. The minimum Gasteiger partial charge on any atom is -0.339 e. The van der Waals surface area contributed by atoms with Crippen LogP contribution in [-0.2, 0) is 0 Å². The van der Waals surface area contributed by atoms with Crippen molar-refractivity contribution in [1.29, 1.82) is 0 Å². The summed E-state index contributed by atoms with van der Waals surface area (Å²) in [7, 11) is 0. The van der Waals surface area contributed by atoms with Gasteiger partial charge in [0.2, 0.25) is 6.17 Å². The number of hydrogen-bond donors (Lipinski definition) is 0. The van der Waals surface area contributed by atoms with E-state index in [0.29, 0.717) is 41.1 Å². The van der Waals surface area contributed by atoms with E-state index in [1.54, 1.807) is 24.3 Å². The average Bonchev–Trinajstić information content (AvgIpc) is 3.35. The van der Waals surface area contributed by atoms with E-state index in [-0.39, 0.29) is 0 Å². The van der Waals surface area contributed by atoms with Crippen LogP contribution in [0.2, 0.25) is 0 Å². The van der Waals surface area contributed by atoms with Crippen molar-refractivity contribution in [2.75, 3.05) is 6.54 Å². The molecule has 2 aliphatic carbocycles. The standard InChI is InChI=1S/C28H24F5N5/c1-4-27-22(37-11-7-5-10-21(37)24-34-25(36-35-24)28(31,32)33)15-26(27,16(2)3)18-13-17(29)14-19(30)23(18)20-9-6-8-12-38(20)27/h5-10,12-15,19,24H,2,4,11H2,1,3H3. The van der Waals surface area contributed by atoms with E-state index in [1.165, 1.54) is 6.08 Å². The lowest BCUT2D eigenvalue weighted by Gasteiger charge is -2.68. The maximum absolute atomic E-state index is 15.5. The van der Waals surface area contributed by atoms with Gasteiger partial charge in [0.05, 0.1) is 11.1 Å². The summed E-state index contributed by atoms with van der Waals surface area (Å²) < 4.78 is 70.0. The van der Waals surface area contributed by atoms with E-state index < -0.39 is 41.1 Å². The van der Waals surface area contributed by atoms with Crippen LogP contribution in [0.3, 0.4) is 0 Å². The van der Waals surface area contributed by atoms with Crippen molar-refractivity contribution in [1.82, 2.24) is 9.80 Å². The van der Waals surface area contributed by atoms with Gasteiger partial charge in [-0.25, -0.2) is 13.8 Å². The molecule has 6 aliphatic rings. The fourth-order valence-electron chi connectivity index (χ4n) is 6.58. The summed E-state index contributed by atoms with van der Waals surface area (Å²) in [5.74, 6) is -1.93. The van der Waals surface area contributed by atoms with Crippen LogP contribution >= 0.6 is 0 Å². The number of azo groups is 1. The first-order chi connectivity index (χ1) is 18.1. The van der Waals surface area contributed by atoms with Crippen LogP contribution in [0.25, 0.3) is 0 Å². The number of fused-ring (bicyclic) bond motifs is 5. The summed E-state index contributed by atoms with van der Waals surface area (Å²) >= 11 is 0. The molecule has 0 aromatic carbocycles. The van der Waals surface area contributed by atoms with Crippen molar-refractivity contribution in [2.45, 2.75) is 44.3 Å². The number of alkyl halides is 4. The van der Waals surface area contributed by atoms with E-state index in [4.69, 9.17) is 0 Å². The first-order valence-corrected chi connectivity index (χ1v) is 12.3. The first kappa shape index (κ1) is 24.5. The molecular weight excluding hydrogens is 501 g/mol. The summed E-state index contributed by atoms with van der Waals surface area (Å²) in [4.78, 5) is 7.64. The van der Waals surface area contributed by atoms with E-state index in [9.17, 15) is 17.6 Å². The molecule has 0 aromatic heterocycles. The molecule has 4 heterocycles. The second-order valence-electron chi connectivity index (χ2n) is 9.88. The molecule has 0 aromatic rings. The van der Waals surface area contributed by atoms with Gasteiger partial charge in [0, 0.05) is 29.7 Å². The average molecular weight is 526 g/mol. The van der Waals surface area contributed by atoms with Crippen molar-refractivity contribution < 1.29 is 22.0 Å². The third-order valence-electron chi connectivity index (χ3n) is 8.06. The number of nitrogens with zero attached hydrogens (tertiary/aromatic N) is 5. The highest BCUT2D eigenvalue weighted by atomic mass is 19.4. The van der Waals surface area contributed by atoms with Gasteiger partial charge in [-0.2, -0.15) is 18.3 Å². The van der Waals surface area contributed by atoms with Crippen molar-refractivity contribution in [3.8, 4) is 0 Å². The molecule has 0 bridgehead atoms. The minimum absolute atomic E-state index is 0.354. The Hall–Kier alpha value is -3.82. The largest absolute Gasteiger partial charge is 0.453 e. The van der Waals surface area contributed by atoms with Gasteiger partial charge in [0.1, 0.15) is 17.5 Å². The molecule has 0 saturated carbocycles. The fourth-order valence-corrected chi connectivity index (χ4v) is 6.58. The molecule has 4 aliphatic heterocycles. The van der Waals surface area contributed by atoms with Crippen molar-refractivity contribution in [2.24, 2.45) is 20.6 Å². The number of hydrogen-bond acceptors (Lipinski definition) is 5. The number of aliphatic imine (C=N–C) groups is 1. The molecule has 196 valence electrons. The summed E-state index contributed by atoms with van der Waals surface area (Å²) in [6.07, 6.45) is 9.91. The van der Waals surface area contributed by atoms with Gasteiger partial charge in [-0.15, -0.1) is 5.11 Å². The van der Waals surface area contributed by atoms with E-state index in [2.05, 4.69) is 21.8 Å². The molecular formula is C28H24F5N5. The second kappa shape index (κ2) is 8.09. The summed E-state index contributed by atoms with van der Waals surface area (Å²) in [6.45, 7) is 8.45. The Morgan fingerprint density at radius 3 is 2.71 bits per heavy atom. The maximum atomic E-state index is 15.5. The second-order valence-corrected chi connectivity index (χ2v) is 9.88. The van der Waals surface area contributed by atoms with Gasteiger partial charge in [0.15, 0.2) is 0 Å². The van der Waals surface area contributed by atoms with E-state index in [1.807, 2.05) is 48.1 Å². The van der Waals surface area contributed by atoms with E-state index >= 15 is 4.39 Å². The molecule has 5 nitrogen and oxygen atoms in total. The first-order valence-electron chi connectivity index (χ1n) is 12.3. The quantitative estimate of drug-likeness (QED) is 0.296. The summed E-state index contributed by atoms with van der Waals surface area (Å²) in [5.41, 5.74) is 1.58. The molecule has 0 amide bonds. The zero-order valence-corrected chi connectivity index (χ0v) is 20.7. The molecule has 0 N–H and O–H groups in total. The molecule has 0 radical (unpaired) electrons. The van der Waals surface area contributed by atoms with Crippen LogP contribution in [0.4, 0.5) is 22.0 Å². The Balaban J connectivity index is 1.54. The molecule has 0 fully saturated rings. The number of halogens is 5. The lowest BCUT2D eigenvalue weighted by atomic mass is 9.46. The van der Waals surface area contributed by atoms with Crippen molar-refractivity contribution in [3.05, 3.63) is 107 Å². The molecule has 6 rings (SSSR count). The fraction of sp³-hybridized carbons (Fsp3) is 0.321. The lowest BCUT2D eigenvalue weighted by molar-refractivity contribution is -0.0597. The number of rotatable bonds is 4. The normalized spacial score (nSPS) is 33.1. The molecule has 4 unspecified atom stereocenters. The predicted octanol–water partition coefficient (Wildman–Crippen LogP) is 6.89. The Morgan fingerprint density at radius 1 is 1.24 bits per heavy atom. The zero-order valence-electron chi connectivity index (χ0n) is 20.7. The van der Waals surface area contributed by atoms with Gasteiger partial charge in [-0.1, -0.05) is 37.3 Å². The predicted molar refractivity (Wildman–Crippen MR) is 134 cm³/mol. The molecule has 0 saturated heterocycles. The molecule has 0 spiro atoms. The molecule has 10 heteroatoms. The number of allylic oxidation sites excluding steroid dienone is 9. The highest BCUT2D eigenvalue weighted by Crippen LogP contribution is 2.69. The summed E-state index contributed by atoms with van der Waals surface area (Å²) in [5, 5.41) is 7.10. The monoisotopic (exact) mass is 525 g/mol. The zero-order chi connectivity index (χ0) is 27.0. The van der Waals surface area contributed by atoms with Gasteiger partial charge in [-0.3, -0.25) is 0 Å². The van der Waals surface area contributed by atoms with Crippen LogP contribution < -0.4 is 0 Å². The lowest BCUT2D eigenvalue weighted by Crippen LogP contribution is -2.70. The van der Waals surface area contributed by atoms with E-state index in [0.717, 1.165) is 11.8 Å². The van der Waals surface area contributed by atoms with Gasteiger partial charge in [0.25, 0.3) is 5.84 Å².